The van der Waals surface area contributed by atoms with Crippen LogP contribution in [0.15, 0.2) is 47.5 Å². The summed E-state index contributed by atoms with van der Waals surface area (Å²) in [7, 11) is 0. The average Bonchev–Trinajstić information content (AvgIpc) is 2.53. The average molecular weight is 380 g/mol. The van der Waals surface area contributed by atoms with Crippen molar-refractivity contribution in [1.82, 2.24) is 5.32 Å². The lowest BCUT2D eigenvalue weighted by Crippen LogP contribution is -2.38. The molecule has 2 aromatic carbocycles. The summed E-state index contributed by atoms with van der Waals surface area (Å²) < 4.78 is 5.05. The lowest BCUT2D eigenvalue weighted by Gasteiger charge is -2.08. The van der Waals surface area contributed by atoms with Gasteiger partial charge in [0.1, 0.15) is 5.75 Å². The highest BCUT2D eigenvalue weighted by Gasteiger charge is 2.13. The number of rotatable bonds is 3. The third-order valence-electron chi connectivity index (χ3n) is 3.17. The number of aryl methyl sites for hydroxylation is 1. The Labute approximate surface area is 154 Å². The summed E-state index contributed by atoms with van der Waals surface area (Å²) in [5.74, 6) is -0.537. The Kier molecular flexibility index (Phi) is 6.38. The van der Waals surface area contributed by atoms with Gasteiger partial charge >= 0.3 is 6.09 Å². The molecule has 0 atom stereocenters. The van der Waals surface area contributed by atoms with Crippen molar-refractivity contribution in [2.75, 3.05) is 0 Å². The highest BCUT2D eigenvalue weighted by molar-refractivity contribution is 6.36. The number of halogens is 2. The molecule has 130 valence electrons. The molecule has 3 N–H and O–H groups in total. The summed E-state index contributed by atoms with van der Waals surface area (Å²) >= 11 is 12.0. The number of ether oxygens (including phenoxy) is 1. The largest absolute Gasteiger partial charge is 0.442 e. The highest BCUT2D eigenvalue weighted by atomic mass is 35.5. The Bertz CT molecular complexity index is 817. The van der Waals surface area contributed by atoms with Crippen LogP contribution in [0.2, 0.25) is 10.0 Å². The smallest absolute Gasteiger partial charge is 0.408 e. The molecule has 0 heterocycles. The Morgan fingerprint density at radius 1 is 1.12 bits per heavy atom. The molecule has 0 spiro atoms. The Hall–Kier alpha value is -2.57. The van der Waals surface area contributed by atoms with E-state index in [4.69, 9.17) is 33.7 Å². The monoisotopic (exact) mass is 379 g/mol. The molecule has 2 rings (SSSR count). The highest BCUT2D eigenvalue weighted by Crippen LogP contribution is 2.24. The van der Waals surface area contributed by atoms with E-state index < -0.39 is 12.0 Å². The predicted molar refractivity (Wildman–Crippen MR) is 97.1 cm³/mol. The third kappa shape index (κ3) is 5.48. The van der Waals surface area contributed by atoms with Crippen LogP contribution in [0.1, 0.15) is 11.1 Å². The van der Waals surface area contributed by atoms with Crippen LogP contribution in [-0.2, 0) is 11.2 Å². The summed E-state index contributed by atoms with van der Waals surface area (Å²) in [5, 5.41) is 3.00. The summed E-state index contributed by atoms with van der Waals surface area (Å²) in [5.41, 5.74) is 6.77. The van der Waals surface area contributed by atoms with Gasteiger partial charge in [-0.05, 0) is 36.2 Å². The SMILES string of the molecule is Cc1ccccc1OC(=O)N=C(N)NC(=O)Cc1c(Cl)cccc1Cl. The minimum absolute atomic E-state index is 0.110. The molecule has 0 bridgehead atoms. The van der Waals surface area contributed by atoms with Crippen molar-refractivity contribution in [1.29, 1.82) is 0 Å². The van der Waals surface area contributed by atoms with E-state index in [2.05, 4.69) is 10.3 Å². The second kappa shape index (κ2) is 8.50. The predicted octanol–water partition coefficient (Wildman–Crippen LogP) is 3.47. The van der Waals surface area contributed by atoms with E-state index in [1.165, 1.54) is 0 Å². The van der Waals surface area contributed by atoms with Crippen molar-refractivity contribution in [2.24, 2.45) is 10.7 Å². The maximum atomic E-state index is 12.0. The van der Waals surface area contributed by atoms with Gasteiger partial charge in [0.25, 0.3) is 0 Å². The van der Waals surface area contributed by atoms with Crippen LogP contribution in [-0.4, -0.2) is 18.0 Å². The second-order valence-electron chi connectivity index (χ2n) is 5.06. The molecule has 0 fully saturated rings. The lowest BCUT2D eigenvalue weighted by molar-refractivity contribution is -0.119. The Morgan fingerprint density at radius 2 is 1.76 bits per heavy atom. The molecule has 6 nitrogen and oxygen atoms in total. The maximum absolute atomic E-state index is 12.0. The Morgan fingerprint density at radius 3 is 2.40 bits per heavy atom. The van der Waals surface area contributed by atoms with Crippen molar-refractivity contribution in [3.05, 3.63) is 63.6 Å². The van der Waals surface area contributed by atoms with Gasteiger partial charge in [-0.1, -0.05) is 47.5 Å². The quantitative estimate of drug-likeness (QED) is 0.630. The molecule has 2 amide bonds. The van der Waals surface area contributed by atoms with Gasteiger partial charge in [-0.15, -0.1) is 4.99 Å². The van der Waals surface area contributed by atoms with Gasteiger partial charge in [-0.2, -0.15) is 0 Å². The van der Waals surface area contributed by atoms with Gasteiger partial charge in [-0.25, -0.2) is 4.79 Å². The number of carbonyl (C=O) groups excluding carboxylic acids is 2. The van der Waals surface area contributed by atoms with E-state index in [-0.39, 0.29) is 12.4 Å². The number of nitrogens with two attached hydrogens (primary N) is 1. The number of hydrogen-bond acceptors (Lipinski definition) is 3. The van der Waals surface area contributed by atoms with E-state index >= 15 is 0 Å². The molecule has 0 saturated carbocycles. The van der Waals surface area contributed by atoms with Crippen LogP contribution in [0.5, 0.6) is 5.75 Å². The summed E-state index contributed by atoms with van der Waals surface area (Å²) in [6, 6.07) is 11.8. The first-order chi connectivity index (χ1) is 11.9. The summed E-state index contributed by atoms with van der Waals surface area (Å²) in [4.78, 5) is 27.2. The minimum atomic E-state index is -0.942. The molecule has 0 aliphatic rings. The molecule has 8 heteroatoms. The first-order valence-corrected chi connectivity index (χ1v) is 7.96. The molecule has 2 aromatic rings. The van der Waals surface area contributed by atoms with Crippen molar-refractivity contribution in [2.45, 2.75) is 13.3 Å². The zero-order valence-corrected chi connectivity index (χ0v) is 14.8. The number of para-hydroxylation sites is 1. The second-order valence-corrected chi connectivity index (χ2v) is 5.87. The summed E-state index contributed by atoms with van der Waals surface area (Å²) in [6.07, 6.45) is -1.05. The normalized spacial score (nSPS) is 11.1. The van der Waals surface area contributed by atoms with E-state index in [1.54, 1.807) is 43.3 Å². The summed E-state index contributed by atoms with van der Waals surface area (Å²) in [6.45, 7) is 1.78. The van der Waals surface area contributed by atoms with E-state index in [0.29, 0.717) is 21.4 Å². The van der Waals surface area contributed by atoms with Gasteiger partial charge in [0.2, 0.25) is 11.9 Å². The number of benzene rings is 2. The number of carbonyl (C=O) groups is 2. The van der Waals surface area contributed by atoms with Crippen molar-refractivity contribution in [3.63, 3.8) is 0 Å². The molecule has 0 aromatic heterocycles. The molecular formula is C17H15Cl2N3O3. The number of nitrogens with zero attached hydrogens (tertiary/aromatic N) is 1. The standard InChI is InChI=1S/C17H15Cl2N3O3/c1-10-5-2-3-8-14(10)25-17(24)22-16(20)21-15(23)9-11-12(18)6-4-7-13(11)19/h2-8H,9H2,1H3,(H3,20,21,22,23,24). The van der Waals surface area contributed by atoms with Crippen LogP contribution in [0.25, 0.3) is 0 Å². The van der Waals surface area contributed by atoms with Gasteiger partial charge in [-0.3, -0.25) is 10.1 Å². The van der Waals surface area contributed by atoms with Gasteiger partial charge in [0.15, 0.2) is 0 Å². The van der Waals surface area contributed by atoms with E-state index in [1.807, 2.05) is 6.07 Å². The maximum Gasteiger partial charge on any atom is 0.442 e. The van der Waals surface area contributed by atoms with Crippen LogP contribution >= 0.6 is 23.2 Å². The van der Waals surface area contributed by atoms with Crippen LogP contribution in [0.3, 0.4) is 0 Å². The number of guanidine groups is 1. The molecule has 0 radical (unpaired) electrons. The van der Waals surface area contributed by atoms with Gasteiger partial charge in [0.05, 0.1) is 6.42 Å². The van der Waals surface area contributed by atoms with Gasteiger partial charge in [0, 0.05) is 10.0 Å². The fourth-order valence-electron chi connectivity index (χ4n) is 1.96. The minimum Gasteiger partial charge on any atom is -0.408 e. The molecule has 0 aliphatic carbocycles. The first-order valence-electron chi connectivity index (χ1n) is 7.21. The van der Waals surface area contributed by atoms with Crippen molar-refractivity contribution >= 4 is 41.2 Å². The Balaban J connectivity index is 1.97. The van der Waals surface area contributed by atoms with Crippen molar-refractivity contribution < 1.29 is 14.3 Å². The number of nitrogens with one attached hydrogen (secondary N) is 1. The molecule has 0 saturated heterocycles. The van der Waals surface area contributed by atoms with Crippen LogP contribution < -0.4 is 15.8 Å². The zero-order chi connectivity index (χ0) is 18.4. The van der Waals surface area contributed by atoms with E-state index in [9.17, 15) is 9.59 Å². The number of hydrogen-bond donors (Lipinski definition) is 2. The van der Waals surface area contributed by atoms with Crippen LogP contribution in [0, 0.1) is 6.92 Å². The van der Waals surface area contributed by atoms with E-state index in [0.717, 1.165) is 5.56 Å². The molecular weight excluding hydrogens is 365 g/mol. The van der Waals surface area contributed by atoms with Gasteiger partial charge < -0.3 is 10.5 Å². The first kappa shape index (κ1) is 18.8. The molecule has 0 unspecified atom stereocenters. The van der Waals surface area contributed by atoms with Crippen LogP contribution in [0.4, 0.5) is 4.79 Å². The molecule has 25 heavy (non-hydrogen) atoms. The molecule has 0 aliphatic heterocycles. The zero-order valence-electron chi connectivity index (χ0n) is 13.3. The lowest BCUT2D eigenvalue weighted by atomic mass is 10.1. The van der Waals surface area contributed by atoms with Crippen molar-refractivity contribution in [3.8, 4) is 5.75 Å². The topological polar surface area (TPSA) is 93.8 Å². The number of amides is 2. The third-order valence-corrected chi connectivity index (χ3v) is 3.88. The fraction of sp³-hybridized carbons (Fsp3) is 0.118. The number of aliphatic imine (C=N–C) groups is 1. The fourth-order valence-corrected chi connectivity index (χ4v) is 2.49.